The fourth-order valence-electron chi connectivity index (χ4n) is 4.25. The van der Waals surface area contributed by atoms with Crippen molar-refractivity contribution < 1.29 is 17.9 Å². The standard InChI is InChI=1S/C22H24BrClN2O4S/c1-2-30-21-8-6-18(13-19(21)24)31(28,29)25-10-3-4-16(14-25)22(27)26-11-9-15-12-17(23)5-7-20(15)26/h5-8,12-13,16H,2-4,9-11,14H2,1H3/t16-/m1/s1. The van der Waals surface area contributed by atoms with Gasteiger partial charge in [0.2, 0.25) is 15.9 Å². The predicted octanol–water partition coefficient (Wildman–Crippen LogP) is 4.49. The molecule has 6 nitrogen and oxygen atoms in total. The van der Waals surface area contributed by atoms with Gasteiger partial charge in [0.25, 0.3) is 0 Å². The molecule has 166 valence electrons. The number of anilines is 1. The van der Waals surface area contributed by atoms with Gasteiger partial charge in [-0.1, -0.05) is 27.5 Å². The molecule has 0 saturated carbocycles. The zero-order chi connectivity index (χ0) is 22.2. The third kappa shape index (κ3) is 4.49. The Balaban J connectivity index is 1.52. The molecular weight excluding hydrogens is 504 g/mol. The van der Waals surface area contributed by atoms with Crippen molar-refractivity contribution in [2.24, 2.45) is 5.92 Å². The van der Waals surface area contributed by atoms with E-state index in [0.29, 0.717) is 38.3 Å². The van der Waals surface area contributed by atoms with Crippen molar-refractivity contribution in [2.75, 3.05) is 31.1 Å². The molecule has 1 atom stereocenters. The number of ether oxygens (including phenoxy) is 1. The molecule has 0 N–H and O–H groups in total. The zero-order valence-electron chi connectivity index (χ0n) is 17.2. The van der Waals surface area contributed by atoms with Gasteiger partial charge in [-0.05, 0) is 68.1 Å². The molecule has 2 aromatic rings. The highest BCUT2D eigenvalue weighted by Crippen LogP contribution is 2.34. The summed E-state index contributed by atoms with van der Waals surface area (Å²) in [7, 11) is -3.76. The van der Waals surface area contributed by atoms with Gasteiger partial charge in [0.15, 0.2) is 0 Å². The molecule has 0 aliphatic carbocycles. The number of amides is 1. The Morgan fingerprint density at radius 1 is 1.23 bits per heavy atom. The summed E-state index contributed by atoms with van der Waals surface area (Å²) in [5.41, 5.74) is 2.05. The van der Waals surface area contributed by atoms with Gasteiger partial charge in [-0.15, -0.1) is 0 Å². The number of carbonyl (C=O) groups is 1. The quantitative estimate of drug-likeness (QED) is 0.575. The fraction of sp³-hybridized carbons (Fsp3) is 0.409. The van der Waals surface area contributed by atoms with Gasteiger partial charge in [-0.2, -0.15) is 4.31 Å². The number of nitrogens with zero attached hydrogens (tertiary/aromatic N) is 2. The van der Waals surface area contributed by atoms with E-state index in [1.807, 2.05) is 25.1 Å². The SMILES string of the molecule is CCOc1ccc(S(=O)(=O)N2CCC[C@@H](C(=O)N3CCc4cc(Br)ccc43)C2)cc1Cl. The second-order valence-electron chi connectivity index (χ2n) is 7.74. The highest BCUT2D eigenvalue weighted by molar-refractivity contribution is 9.10. The molecule has 0 spiro atoms. The van der Waals surface area contributed by atoms with E-state index < -0.39 is 10.0 Å². The topological polar surface area (TPSA) is 66.9 Å². The maximum absolute atomic E-state index is 13.3. The lowest BCUT2D eigenvalue weighted by Crippen LogP contribution is -2.46. The second kappa shape index (κ2) is 9.10. The number of fused-ring (bicyclic) bond motifs is 1. The largest absolute Gasteiger partial charge is 0.492 e. The van der Waals surface area contributed by atoms with Crippen LogP contribution in [0.3, 0.4) is 0 Å². The minimum absolute atomic E-state index is 0.00861. The van der Waals surface area contributed by atoms with E-state index in [9.17, 15) is 13.2 Å². The lowest BCUT2D eigenvalue weighted by atomic mass is 9.98. The van der Waals surface area contributed by atoms with Crippen LogP contribution in [0.5, 0.6) is 5.75 Å². The van der Waals surface area contributed by atoms with E-state index in [0.717, 1.165) is 22.1 Å². The molecule has 31 heavy (non-hydrogen) atoms. The van der Waals surface area contributed by atoms with Crippen molar-refractivity contribution >= 4 is 49.1 Å². The molecule has 2 heterocycles. The molecule has 9 heteroatoms. The molecule has 2 aromatic carbocycles. The van der Waals surface area contributed by atoms with E-state index >= 15 is 0 Å². The van der Waals surface area contributed by atoms with Crippen LogP contribution >= 0.6 is 27.5 Å². The van der Waals surface area contributed by atoms with Gasteiger partial charge in [0.05, 0.1) is 22.4 Å². The number of sulfonamides is 1. The number of carbonyl (C=O) groups excluding carboxylic acids is 1. The summed E-state index contributed by atoms with van der Waals surface area (Å²) in [5.74, 6) is 0.0798. The van der Waals surface area contributed by atoms with Crippen LogP contribution in [0, 0.1) is 5.92 Å². The number of hydrogen-bond acceptors (Lipinski definition) is 4. The first-order valence-corrected chi connectivity index (χ1v) is 12.9. The highest BCUT2D eigenvalue weighted by Gasteiger charge is 2.37. The number of hydrogen-bond donors (Lipinski definition) is 0. The molecule has 0 radical (unpaired) electrons. The molecule has 2 aliphatic rings. The van der Waals surface area contributed by atoms with Gasteiger partial charge in [0.1, 0.15) is 5.75 Å². The minimum atomic E-state index is -3.76. The van der Waals surface area contributed by atoms with Crippen LogP contribution < -0.4 is 9.64 Å². The molecule has 0 unspecified atom stereocenters. The van der Waals surface area contributed by atoms with E-state index in [2.05, 4.69) is 15.9 Å². The van der Waals surface area contributed by atoms with Crippen molar-refractivity contribution in [3.05, 3.63) is 51.5 Å². The van der Waals surface area contributed by atoms with Crippen LogP contribution in [-0.2, 0) is 21.2 Å². The maximum atomic E-state index is 13.3. The Labute approximate surface area is 196 Å². The Bertz CT molecular complexity index is 1110. The first-order chi connectivity index (χ1) is 14.8. The molecule has 1 fully saturated rings. The summed E-state index contributed by atoms with van der Waals surface area (Å²) < 4.78 is 34.3. The van der Waals surface area contributed by atoms with Crippen LogP contribution in [0.1, 0.15) is 25.3 Å². The lowest BCUT2D eigenvalue weighted by molar-refractivity contribution is -0.123. The van der Waals surface area contributed by atoms with Crippen LogP contribution in [0.25, 0.3) is 0 Å². The van der Waals surface area contributed by atoms with Crippen molar-refractivity contribution in [3.63, 3.8) is 0 Å². The van der Waals surface area contributed by atoms with Gasteiger partial charge >= 0.3 is 0 Å². The average Bonchev–Trinajstić information content (AvgIpc) is 3.17. The second-order valence-corrected chi connectivity index (χ2v) is 11.0. The molecule has 1 amide bonds. The molecule has 0 aromatic heterocycles. The van der Waals surface area contributed by atoms with E-state index in [-0.39, 0.29) is 28.3 Å². The molecule has 4 rings (SSSR count). The summed E-state index contributed by atoms with van der Waals surface area (Å²) >= 11 is 9.68. The summed E-state index contributed by atoms with van der Waals surface area (Å²) in [4.78, 5) is 15.2. The normalized spacial score (nSPS) is 19.3. The van der Waals surface area contributed by atoms with E-state index in [1.165, 1.54) is 16.4 Å². The molecular formula is C22H24BrClN2O4S. The summed E-state index contributed by atoms with van der Waals surface area (Å²) in [5, 5.41) is 0.257. The van der Waals surface area contributed by atoms with Crippen molar-refractivity contribution in [2.45, 2.75) is 31.1 Å². The Morgan fingerprint density at radius 3 is 2.77 bits per heavy atom. The Hall–Kier alpha value is -1.61. The predicted molar refractivity (Wildman–Crippen MR) is 124 cm³/mol. The van der Waals surface area contributed by atoms with E-state index in [1.54, 1.807) is 11.0 Å². The number of halogens is 2. The molecule has 1 saturated heterocycles. The van der Waals surface area contributed by atoms with Crippen molar-refractivity contribution in [1.29, 1.82) is 0 Å². The fourth-order valence-corrected chi connectivity index (χ4v) is 6.50. The first kappa shape index (κ1) is 22.6. The van der Waals surface area contributed by atoms with Crippen LogP contribution in [0.4, 0.5) is 5.69 Å². The van der Waals surface area contributed by atoms with Gasteiger partial charge in [-0.25, -0.2) is 8.42 Å². The average molecular weight is 528 g/mol. The molecule has 0 bridgehead atoms. The van der Waals surface area contributed by atoms with Gasteiger partial charge in [0, 0.05) is 29.8 Å². The monoisotopic (exact) mass is 526 g/mol. The maximum Gasteiger partial charge on any atom is 0.243 e. The number of rotatable bonds is 5. The van der Waals surface area contributed by atoms with Gasteiger partial charge in [-0.3, -0.25) is 4.79 Å². The Morgan fingerprint density at radius 2 is 2.03 bits per heavy atom. The third-order valence-electron chi connectivity index (χ3n) is 5.78. The number of piperidine rings is 1. The number of benzene rings is 2. The zero-order valence-corrected chi connectivity index (χ0v) is 20.3. The first-order valence-electron chi connectivity index (χ1n) is 10.3. The van der Waals surface area contributed by atoms with Crippen molar-refractivity contribution in [1.82, 2.24) is 4.31 Å². The van der Waals surface area contributed by atoms with Crippen molar-refractivity contribution in [3.8, 4) is 5.75 Å². The third-order valence-corrected chi connectivity index (χ3v) is 8.43. The smallest absolute Gasteiger partial charge is 0.243 e. The molecule has 2 aliphatic heterocycles. The summed E-state index contributed by atoms with van der Waals surface area (Å²) in [6.07, 6.45) is 2.12. The van der Waals surface area contributed by atoms with Crippen LogP contribution in [0.15, 0.2) is 45.8 Å². The Kier molecular flexibility index (Phi) is 6.62. The minimum Gasteiger partial charge on any atom is -0.492 e. The van der Waals surface area contributed by atoms with Crippen LogP contribution in [0.2, 0.25) is 5.02 Å². The highest BCUT2D eigenvalue weighted by atomic mass is 79.9. The van der Waals surface area contributed by atoms with E-state index in [4.69, 9.17) is 16.3 Å². The van der Waals surface area contributed by atoms with Gasteiger partial charge < -0.3 is 9.64 Å². The lowest BCUT2D eigenvalue weighted by Gasteiger charge is -2.33. The summed E-state index contributed by atoms with van der Waals surface area (Å²) in [6.45, 7) is 3.47. The summed E-state index contributed by atoms with van der Waals surface area (Å²) in [6, 6.07) is 10.4. The van der Waals surface area contributed by atoms with Crippen LogP contribution in [-0.4, -0.2) is 44.9 Å².